The molecule has 100 valence electrons. The van der Waals surface area contributed by atoms with Crippen molar-refractivity contribution in [2.45, 2.75) is 25.8 Å². The van der Waals surface area contributed by atoms with Crippen LogP contribution in [-0.4, -0.2) is 35.6 Å². The Balaban J connectivity index is 1.75. The van der Waals surface area contributed by atoms with Gasteiger partial charge in [-0.1, -0.05) is 19.1 Å². The number of rotatable bonds is 3. The predicted octanol–water partition coefficient (Wildman–Crippen LogP) is 3.13. The van der Waals surface area contributed by atoms with E-state index < -0.39 is 0 Å². The van der Waals surface area contributed by atoms with E-state index >= 15 is 0 Å². The molecule has 0 radical (unpaired) electrons. The van der Waals surface area contributed by atoms with Gasteiger partial charge in [-0.15, -0.1) is 0 Å². The van der Waals surface area contributed by atoms with Crippen molar-refractivity contribution in [2.24, 2.45) is 0 Å². The molecule has 0 aliphatic carbocycles. The molecule has 2 aromatic rings. The molecule has 3 heteroatoms. The minimum absolute atomic E-state index is 0.591. The monoisotopic (exact) mass is 255 g/mol. The highest BCUT2D eigenvalue weighted by Gasteiger charge is 2.18. The smallest absolute Gasteiger partial charge is 0.0437 e. The van der Waals surface area contributed by atoms with Gasteiger partial charge in [-0.2, -0.15) is 0 Å². The third-order valence-electron chi connectivity index (χ3n) is 4.08. The molecule has 3 nitrogen and oxygen atoms in total. The van der Waals surface area contributed by atoms with Crippen LogP contribution in [0.4, 0.5) is 5.69 Å². The van der Waals surface area contributed by atoms with Crippen molar-refractivity contribution in [3.8, 4) is 0 Å². The molecule has 3 rings (SSSR count). The molecule has 2 heterocycles. The zero-order chi connectivity index (χ0) is 13.1. The summed E-state index contributed by atoms with van der Waals surface area (Å²) >= 11 is 0. The van der Waals surface area contributed by atoms with Gasteiger partial charge in [0.2, 0.25) is 0 Å². The Morgan fingerprint density at radius 2 is 2.11 bits per heavy atom. The van der Waals surface area contributed by atoms with Crippen molar-refractivity contribution in [3.63, 3.8) is 0 Å². The largest absolute Gasteiger partial charge is 0.382 e. The molecule has 1 aliphatic rings. The normalized spacial score (nSPS) is 17.7. The Bertz CT molecular complexity index is 539. The number of aromatic nitrogens is 1. The summed E-state index contributed by atoms with van der Waals surface area (Å²) in [6.45, 7) is 5.82. The van der Waals surface area contributed by atoms with Crippen LogP contribution >= 0.6 is 0 Å². The molecule has 1 fully saturated rings. The number of piperidine rings is 1. The Morgan fingerprint density at radius 1 is 1.26 bits per heavy atom. The molecule has 0 saturated carbocycles. The summed E-state index contributed by atoms with van der Waals surface area (Å²) in [5, 5.41) is 6.18. The van der Waals surface area contributed by atoms with Crippen molar-refractivity contribution < 1.29 is 0 Å². The standard InChI is InChI=1S/C16H21N3/c1-2-19-10-7-14(8-11-19)18-16-5-3-4-13-6-9-17-12-15(13)16/h3-6,9,12,14,18H,2,7-8,10-11H2,1H3. The Hall–Kier alpha value is -1.61. The van der Waals surface area contributed by atoms with Crippen molar-refractivity contribution in [1.29, 1.82) is 0 Å². The maximum atomic E-state index is 4.24. The van der Waals surface area contributed by atoms with Crippen molar-refractivity contribution in [3.05, 3.63) is 36.7 Å². The van der Waals surface area contributed by atoms with Gasteiger partial charge in [0.25, 0.3) is 0 Å². The average molecular weight is 255 g/mol. The number of fused-ring (bicyclic) bond motifs is 1. The Labute approximate surface area is 114 Å². The first-order valence-corrected chi connectivity index (χ1v) is 7.18. The molecule has 1 saturated heterocycles. The van der Waals surface area contributed by atoms with Crippen LogP contribution in [0.15, 0.2) is 36.7 Å². The SMILES string of the molecule is CCN1CCC(Nc2cccc3ccncc23)CC1. The highest BCUT2D eigenvalue weighted by atomic mass is 15.1. The molecule has 0 bridgehead atoms. The second-order valence-electron chi connectivity index (χ2n) is 5.26. The summed E-state index contributed by atoms with van der Waals surface area (Å²) in [6, 6.07) is 9.08. The first-order chi connectivity index (χ1) is 9.36. The van der Waals surface area contributed by atoms with E-state index in [4.69, 9.17) is 0 Å². The van der Waals surface area contributed by atoms with E-state index in [1.54, 1.807) is 0 Å². The lowest BCUT2D eigenvalue weighted by Gasteiger charge is -2.32. The fourth-order valence-corrected chi connectivity index (χ4v) is 2.85. The van der Waals surface area contributed by atoms with Crippen molar-refractivity contribution in [2.75, 3.05) is 25.0 Å². The summed E-state index contributed by atoms with van der Waals surface area (Å²) < 4.78 is 0. The van der Waals surface area contributed by atoms with E-state index in [-0.39, 0.29) is 0 Å². The zero-order valence-corrected chi connectivity index (χ0v) is 11.5. The van der Waals surface area contributed by atoms with Gasteiger partial charge in [0.05, 0.1) is 0 Å². The molecule has 1 aromatic heterocycles. The molecule has 19 heavy (non-hydrogen) atoms. The maximum absolute atomic E-state index is 4.24. The van der Waals surface area contributed by atoms with Gasteiger partial charge in [0.1, 0.15) is 0 Å². The quantitative estimate of drug-likeness (QED) is 0.913. The van der Waals surface area contributed by atoms with Gasteiger partial charge in [0, 0.05) is 42.6 Å². The lowest BCUT2D eigenvalue weighted by atomic mass is 10.0. The van der Waals surface area contributed by atoms with Gasteiger partial charge < -0.3 is 10.2 Å². The predicted molar refractivity (Wildman–Crippen MR) is 80.5 cm³/mol. The molecule has 1 N–H and O–H groups in total. The van der Waals surface area contributed by atoms with E-state index in [1.807, 2.05) is 12.4 Å². The van der Waals surface area contributed by atoms with Crippen LogP contribution in [0.5, 0.6) is 0 Å². The summed E-state index contributed by atoms with van der Waals surface area (Å²) in [7, 11) is 0. The van der Waals surface area contributed by atoms with Crippen molar-refractivity contribution >= 4 is 16.5 Å². The fraction of sp³-hybridized carbons (Fsp3) is 0.438. The molecule has 0 amide bonds. The molecular formula is C16H21N3. The molecular weight excluding hydrogens is 234 g/mol. The minimum atomic E-state index is 0.591. The first kappa shape index (κ1) is 12.4. The second kappa shape index (κ2) is 5.57. The fourth-order valence-electron chi connectivity index (χ4n) is 2.85. The van der Waals surface area contributed by atoms with Gasteiger partial charge in [0.15, 0.2) is 0 Å². The number of nitrogens with zero attached hydrogens (tertiary/aromatic N) is 2. The minimum Gasteiger partial charge on any atom is -0.382 e. The summed E-state index contributed by atoms with van der Waals surface area (Å²) in [4.78, 5) is 6.76. The number of hydrogen-bond acceptors (Lipinski definition) is 3. The molecule has 1 aliphatic heterocycles. The third-order valence-corrected chi connectivity index (χ3v) is 4.08. The average Bonchev–Trinajstić information content (AvgIpc) is 2.48. The van der Waals surface area contributed by atoms with Crippen LogP contribution in [0.25, 0.3) is 10.8 Å². The molecule has 0 spiro atoms. The maximum Gasteiger partial charge on any atom is 0.0437 e. The number of hydrogen-bond donors (Lipinski definition) is 1. The van der Waals surface area contributed by atoms with Crippen LogP contribution in [0.3, 0.4) is 0 Å². The second-order valence-corrected chi connectivity index (χ2v) is 5.26. The van der Waals surface area contributed by atoms with Crippen LogP contribution < -0.4 is 5.32 Å². The molecule has 0 atom stereocenters. The van der Waals surface area contributed by atoms with E-state index in [0.717, 1.165) is 0 Å². The van der Waals surface area contributed by atoms with Gasteiger partial charge in [-0.3, -0.25) is 4.98 Å². The lowest BCUT2D eigenvalue weighted by molar-refractivity contribution is 0.229. The van der Waals surface area contributed by atoms with E-state index in [9.17, 15) is 0 Å². The molecule has 0 unspecified atom stereocenters. The number of pyridine rings is 1. The molecule has 1 aromatic carbocycles. The number of benzene rings is 1. The Morgan fingerprint density at radius 3 is 2.89 bits per heavy atom. The lowest BCUT2D eigenvalue weighted by Crippen LogP contribution is -2.38. The van der Waals surface area contributed by atoms with E-state index in [1.165, 1.54) is 48.9 Å². The van der Waals surface area contributed by atoms with Gasteiger partial charge in [-0.25, -0.2) is 0 Å². The third kappa shape index (κ3) is 2.71. The topological polar surface area (TPSA) is 28.2 Å². The van der Waals surface area contributed by atoms with E-state index in [0.29, 0.717) is 6.04 Å². The summed E-state index contributed by atoms with van der Waals surface area (Å²) in [6.07, 6.45) is 6.26. The number of nitrogens with one attached hydrogen (secondary N) is 1. The van der Waals surface area contributed by atoms with E-state index in [2.05, 4.69) is 46.4 Å². The zero-order valence-electron chi connectivity index (χ0n) is 11.5. The summed E-state index contributed by atoms with van der Waals surface area (Å²) in [5.41, 5.74) is 1.22. The highest BCUT2D eigenvalue weighted by molar-refractivity contribution is 5.93. The number of likely N-dealkylation sites (tertiary alicyclic amines) is 1. The number of anilines is 1. The van der Waals surface area contributed by atoms with Crippen molar-refractivity contribution in [1.82, 2.24) is 9.88 Å². The highest BCUT2D eigenvalue weighted by Crippen LogP contribution is 2.24. The van der Waals surface area contributed by atoms with Crippen LogP contribution in [0.1, 0.15) is 19.8 Å². The van der Waals surface area contributed by atoms with Crippen LogP contribution in [0.2, 0.25) is 0 Å². The first-order valence-electron chi connectivity index (χ1n) is 7.18. The van der Waals surface area contributed by atoms with Gasteiger partial charge in [-0.05, 0) is 36.9 Å². The van der Waals surface area contributed by atoms with Crippen LogP contribution in [-0.2, 0) is 0 Å². The summed E-state index contributed by atoms with van der Waals surface area (Å²) in [5.74, 6) is 0. The Kier molecular flexibility index (Phi) is 3.65. The van der Waals surface area contributed by atoms with Gasteiger partial charge >= 0.3 is 0 Å². The van der Waals surface area contributed by atoms with Crippen LogP contribution in [0, 0.1) is 0 Å².